The molecular formula is C22H22N2O3S. The van der Waals surface area contributed by atoms with E-state index in [1.807, 2.05) is 49.4 Å². The van der Waals surface area contributed by atoms with E-state index in [0.717, 1.165) is 34.0 Å². The second-order valence-corrected chi connectivity index (χ2v) is 8.87. The number of carbonyl (C=O) groups is 1. The predicted octanol–water partition coefficient (Wildman–Crippen LogP) is 3.75. The molecule has 1 aliphatic heterocycles. The van der Waals surface area contributed by atoms with Gasteiger partial charge >= 0.3 is 0 Å². The molecule has 28 heavy (non-hydrogen) atoms. The Hall–Kier alpha value is -2.70. The van der Waals surface area contributed by atoms with Crippen LogP contribution in [0.15, 0.2) is 65.6 Å². The van der Waals surface area contributed by atoms with Gasteiger partial charge in [-0.3, -0.25) is 4.79 Å². The Morgan fingerprint density at radius 3 is 2.50 bits per heavy atom. The highest BCUT2D eigenvalue weighted by Gasteiger charge is 2.24. The summed E-state index contributed by atoms with van der Waals surface area (Å²) in [4.78, 5) is 13.9. The minimum absolute atomic E-state index is 0.0909. The number of hydrogen-bond donors (Lipinski definition) is 1. The van der Waals surface area contributed by atoms with E-state index in [0.29, 0.717) is 13.0 Å². The Bertz CT molecular complexity index is 1160. The predicted molar refractivity (Wildman–Crippen MR) is 111 cm³/mol. The summed E-state index contributed by atoms with van der Waals surface area (Å²) in [5, 5.41) is 2.20. The summed E-state index contributed by atoms with van der Waals surface area (Å²) in [6.07, 6.45) is 1.39. The van der Waals surface area contributed by atoms with Crippen molar-refractivity contribution in [3.63, 3.8) is 0 Å². The van der Waals surface area contributed by atoms with Crippen LogP contribution in [0.1, 0.15) is 24.0 Å². The molecular weight excluding hydrogens is 372 g/mol. The number of hydrogen-bond acceptors (Lipinski definition) is 3. The summed E-state index contributed by atoms with van der Waals surface area (Å²) in [7, 11) is -3.64. The molecule has 0 atom stereocenters. The summed E-state index contributed by atoms with van der Waals surface area (Å²) < 4.78 is 28.1. The Balaban J connectivity index is 1.52. The second kappa shape index (κ2) is 7.37. The van der Waals surface area contributed by atoms with Gasteiger partial charge in [-0.25, -0.2) is 13.1 Å². The number of sulfonamides is 1. The molecule has 0 aromatic heterocycles. The summed E-state index contributed by atoms with van der Waals surface area (Å²) in [5.41, 5.74) is 2.47. The van der Waals surface area contributed by atoms with E-state index in [1.165, 1.54) is 0 Å². The average molecular weight is 394 g/mol. The van der Waals surface area contributed by atoms with Crippen molar-refractivity contribution in [3.8, 4) is 0 Å². The first-order valence-corrected chi connectivity index (χ1v) is 10.8. The first-order chi connectivity index (χ1) is 13.4. The van der Waals surface area contributed by atoms with Crippen molar-refractivity contribution in [2.24, 2.45) is 0 Å². The third-order valence-electron chi connectivity index (χ3n) is 5.12. The van der Waals surface area contributed by atoms with Gasteiger partial charge in [-0.15, -0.1) is 0 Å². The van der Waals surface area contributed by atoms with E-state index in [1.54, 1.807) is 23.1 Å². The standard InChI is InChI=1S/C22H22N2O3S/c1-16-13-20(10-11-21(16)24-12-4-7-22(24)25)28(26,27)23-15-17-8-9-18-5-2-3-6-19(18)14-17/h2-3,5-6,8-11,13-14,23H,4,7,12,15H2,1H3. The molecule has 0 radical (unpaired) electrons. The molecule has 6 heteroatoms. The lowest BCUT2D eigenvalue weighted by molar-refractivity contribution is -0.117. The minimum atomic E-state index is -3.64. The SMILES string of the molecule is Cc1cc(S(=O)(=O)NCc2ccc3ccccc3c2)ccc1N1CCCC1=O. The van der Waals surface area contributed by atoms with Gasteiger partial charge in [0, 0.05) is 25.2 Å². The number of nitrogens with one attached hydrogen (secondary N) is 1. The summed E-state index contributed by atoms with van der Waals surface area (Å²) in [6.45, 7) is 2.74. The lowest BCUT2D eigenvalue weighted by Gasteiger charge is -2.19. The van der Waals surface area contributed by atoms with Crippen LogP contribution in [0.4, 0.5) is 5.69 Å². The number of amides is 1. The van der Waals surface area contributed by atoms with E-state index < -0.39 is 10.0 Å². The van der Waals surface area contributed by atoms with Crippen LogP contribution in [0.2, 0.25) is 0 Å². The molecule has 1 fully saturated rings. The summed E-state index contributed by atoms with van der Waals surface area (Å²) >= 11 is 0. The van der Waals surface area contributed by atoms with Gasteiger partial charge in [-0.05, 0) is 59.5 Å². The topological polar surface area (TPSA) is 66.5 Å². The zero-order valence-electron chi connectivity index (χ0n) is 15.7. The van der Waals surface area contributed by atoms with Crippen molar-refractivity contribution < 1.29 is 13.2 Å². The van der Waals surface area contributed by atoms with Gasteiger partial charge in [0.2, 0.25) is 15.9 Å². The Morgan fingerprint density at radius 1 is 1.00 bits per heavy atom. The van der Waals surface area contributed by atoms with Gasteiger partial charge in [0.1, 0.15) is 0 Å². The first-order valence-electron chi connectivity index (χ1n) is 9.32. The van der Waals surface area contributed by atoms with Crippen molar-refractivity contribution in [2.45, 2.75) is 31.2 Å². The molecule has 3 aromatic rings. The zero-order chi connectivity index (χ0) is 19.7. The number of rotatable bonds is 5. The lowest BCUT2D eigenvalue weighted by Crippen LogP contribution is -2.26. The molecule has 5 nitrogen and oxygen atoms in total. The molecule has 1 heterocycles. The van der Waals surface area contributed by atoms with E-state index in [-0.39, 0.29) is 17.3 Å². The average Bonchev–Trinajstić information content (AvgIpc) is 3.12. The highest BCUT2D eigenvalue weighted by Crippen LogP contribution is 2.27. The largest absolute Gasteiger partial charge is 0.312 e. The molecule has 1 N–H and O–H groups in total. The first kappa shape index (κ1) is 18.7. The second-order valence-electron chi connectivity index (χ2n) is 7.10. The van der Waals surface area contributed by atoms with Crippen LogP contribution in [0, 0.1) is 6.92 Å². The summed E-state index contributed by atoms with van der Waals surface area (Å²) in [5.74, 6) is 0.0909. The van der Waals surface area contributed by atoms with Crippen molar-refractivity contribution in [1.29, 1.82) is 0 Å². The van der Waals surface area contributed by atoms with Gasteiger partial charge in [0.15, 0.2) is 0 Å². The van der Waals surface area contributed by atoms with Crippen LogP contribution in [0.3, 0.4) is 0 Å². The van der Waals surface area contributed by atoms with Gasteiger partial charge in [0.25, 0.3) is 0 Å². The Labute approximate surface area is 165 Å². The van der Waals surface area contributed by atoms with Crippen LogP contribution < -0.4 is 9.62 Å². The van der Waals surface area contributed by atoms with E-state index in [9.17, 15) is 13.2 Å². The number of aryl methyl sites for hydroxylation is 1. The van der Waals surface area contributed by atoms with Crippen LogP contribution >= 0.6 is 0 Å². The fourth-order valence-corrected chi connectivity index (χ4v) is 4.71. The highest BCUT2D eigenvalue weighted by atomic mass is 32.2. The molecule has 4 rings (SSSR count). The molecule has 0 bridgehead atoms. The molecule has 1 aliphatic rings. The van der Waals surface area contributed by atoms with Gasteiger partial charge in [0.05, 0.1) is 4.90 Å². The lowest BCUT2D eigenvalue weighted by atomic mass is 10.1. The van der Waals surface area contributed by atoms with Crippen LogP contribution in [-0.4, -0.2) is 20.9 Å². The van der Waals surface area contributed by atoms with Crippen molar-refractivity contribution in [2.75, 3.05) is 11.4 Å². The van der Waals surface area contributed by atoms with Gasteiger partial charge in [-0.1, -0.05) is 36.4 Å². The van der Waals surface area contributed by atoms with E-state index in [2.05, 4.69) is 4.72 Å². The van der Waals surface area contributed by atoms with Crippen LogP contribution in [0.25, 0.3) is 10.8 Å². The monoisotopic (exact) mass is 394 g/mol. The highest BCUT2D eigenvalue weighted by molar-refractivity contribution is 7.89. The van der Waals surface area contributed by atoms with E-state index in [4.69, 9.17) is 0 Å². The third-order valence-corrected chi connectivity index (χ3v) is 6.52. The molecule has 0 saturated carbocycles. The quantitative estimate of drug-likeness (QED) is 0.717. The minimum Gasteiger partial charge on any atom is -0.312 e. The number of carbonyl (C=O) groups excluding carboxylic acids is 1. The van der Waals surface area contributed by atoms with E-state index >= 15 is 0 Å². The molecule has 0 spiro atoms. The smallest absolute Gasteiger partial charge is 0.240 e. The van der Waals surface area contributed by atoms with Gasteiger partial charge in [-0.2, -0.15) is 0 Å². The number of fused-ring (bicyclic) bond motifs is 1. The van der Waals surface area contributed by atoms with Crippen molar-refractivity contribution in [1.82, 2.24) is 4.72 Å². The van der Waals surface area contributed by atoms with Gasteiger partial charge < -0.3 is 4.90 Å². The maximum Gasteiger partial charge on any atom is 0.240 e. The zero-order valence-corrected chi connectivity index (χ0v) is 16.5. The Kier molecular flexibility index (Phi) is 4.91. The fourth-order valence-electron chi connectivity index (χ4n) is 3.61. The maximum absolute atomic E-state index is 12.7. The third kappa shape index (κ3) is 3.66. The Morgan fingerprint density at radius 2 is 1.79 bits per heavy atom. The fraction of sp³-hybridized carbons (Fsp3) is 0.227. The van der Waals surface area contributed by atoms with Crippen LogP contribution in [-0.2, 0) is 21.4 Å². The molecule has 3 aromatic carbocycles. The van der Waals surface area contributed by atoms with Crippen molar-refractivity contribution in [3.05, 3.63) is 71.8 Å². The molecule has 1 amide bonds. The maximum atomic E-state index is 12.7. The summed E-state index contributed by atoms with van der Waals surface area (Å²) in [6, 6.07) is 18.8. The van der Waals surface area contributed by atoms with Crippen LogP contribution in [0.5, 0.6) is 0 Å². The molecule has 1 saturated heterocycles. The molecule has 0 unspecified atom stereocenters. The molecule has 0 aliphatic carbocycles. The number of nitrogens with zero attached hydrogens (tertiary/aromatic N) is 1. The number of anilines is 1. The van der Waals surface area contributed by atoms with Crippen molar-refractivity contribution >= 4 is 32.4 Å². The molecule has 144 valence electrons. The number of benzene rings is 3. The normalized spacial score (nSPS) is 14.8.